The number of fused-ring (bicyclic) bond motifs is 1. The molecule has 1 aromatic heterocycles. The van der Waals surface area contributed by atoms with Crippen LogP contribution in [0.15, 0.2) is 71.7 Å². The number of pyridine rings is 1. The lowest BCUT2D eigenvalue weighted by molar-refractivity contribution is 0.319. The maximum Gasteiger partial charge on any atom is 0.236 e. The molecule has 0 saturated heterocycles. The number of nitrogens with zero attached hydrogens (tertiary/aromatic N) is 2. The van der Waals surface area contributed by atoms with Crippen molar-refractivity contribution in [1.82, 2.24) is 4.98 Å². The van der Waals surface area contributed by atoms with Crippen LogP contribution in [0.5, 0.6) is 0 Å². The fourth-order valence-corrected chi connectivity index (χ4v) is 2.55. The number of aliphatic imine (C=N–C) groups is 1. The first-order valence-electron chi connectivity index (χ1n) is 7.02. The van der Waals surface area contributed by atoms with E-state index in [0.29, 0.717) is 12.5 Å². The average molecular weight is 274 g/mol. The molecule has 0 saturated carbocycles. The highest BCUT2D eigenvalue weighted by atomic mass is 16.5. The Kier molecular flexibility index (Phi) is 2.89. The molecule has 3 nitrogen and oxygen atoms in total. The van der Waals surface area contributed by atoms with Crippen LogP contribution in [0.4, 0.5) is 0 Å². The maximum atomic E-state index is 5.74. The molecule has 3 heteroatoms. The summed E-state index contributed by atoms with van der Waals surface area (Å²) in [6, 6.07) is 22.4. The Bertz CT molecular complexity index is 812. The van der Waals surface area contributed by atoms with Crippen molar-refractivity contribution in [3.8, 4) is 0 Å². The molecule has 2 aromatic carbocycles. The average Bonchev–Trinajstić information content (AvgIpc) is 3.05. The molecule has 0 aliphatic carbocycles. The van der Waals surface area contributed by atoms with Gasteiger partial charge in [0.1, 0.15) is 18.3 Å². The molecular weight excluding hydrogens is 260 g/mol. The van der Waals surface area contributed by atoms with Gasteiger partial charge in [0.15, 0.2) is 0 Å². The third-order valence-corrected chi connectivity index (χ3v) is 3.65. The van der Waals surface area contributed by atoms with E-state index >= 15 is 0 Å². The van der Waals surface area contributed by atoms with E-state index in [1.807, 2.05) is 42.5 Å². The standard InChI is InChI=1S/C18H14N2O/c1-2-6-13(7-3-1)17-12-21-18(20-17)16-11-10-14-8-4-5-9-15(14)19-16/h1-11,17H,12H2. The smallest absolute Gasteiger partial charge is 0.236 e. The molecule has 102 valence electrons. The monoisotopic (exact) mass is 274 g/mol. The highest BCUT2D eigenvalue weighted by Gasteiger charge is 2.22. The van der Waals surface area contributed by atoms with Gasteiger partial charge in [0, 0.05) is 5.39 Å². The van der Waals surface area contributed by atoms with Crippen molar-refractivity contribution in [3.63, 3.8) is 0 Å². The number of para-hydroxylation sites is 1. The van der Waals surface area contributed by atoms with Crippen molar-refractivity contribution in [3.05, 3.63) is 78.0 Å². The summed E-state index contributed by atoms with van der Waals surface area (Å²) < 4.78 is 5.74. The largest absolute Gasteiger partial charge is 0.474 e. The van der Waals surface area contributed by atoms with Gasteiger partial charge in [-0.1, -0.05) is 54.6 Å². The summed E-state index contributed by atoms with van der Waals surface area (Å²) in [4.78, 5) is 9.30. The second kappa shape index (κ2) is 5.02. The quantitative estimate of drug-likeness (QED) is 0.713. The van der Waals surface area contributed by atoms with Crippen molar-refractivity contribution < 1.29 is 4.74 Å². The van der Waals surface area contributed by atoms with E-state index < -0.39 is 0 Å². The molecule has 0 spiro atoms. The lowest BCUT2D eigenvalue weighted by atomic mass is 10.1. The van der Waals surface area contributed by atoms with Gasteiger partial charge in [-0.25, -0.2) is 9.98 Å². The molecule has 0 radical (unpaired) electrons. The van der Waals surface area contributed by atoms with Crippen molar-refractivity contribution in [2.45, 2.75) is 6.04 Å². The summed E-state index contributed by atoms with van der Waals surface area (Å²) in [5.74, 6) is 0.634. The number of hydrogen-bond acceptors (Lipinski definition) is 3. The Labute approximate surface area is 122 Å². The third-order valence-electron chi connectivity index (χ3n) is 3.65. The Balaban J connectivity index is 1.69. The predicted octanol–water partition coefficient (Wildman–Crippen LogP) is 3.75. The summed E-state index contributed by atoms with van der Waals surface area (Å²) in [7, 11) is 0. The lowest BCUT2D eigenvalue weighted by Gasteiger charge is -2.03. The fourth-order valence-electron chi connectivity index (χ4n) is 2.55. The molecule has 0 fully saturated rings. The number of benzene rings is 2. The number of aromatic nitrogens is 1. The first-order chi connectivity index (χ1) is 10.4. The van der Waals surface area contributed by atoms with Gasteiger partial charge >= 0.3 is 0 Å². The van der Waals surface area contributed by atoms with Gasteiger partial charge in [0.25, 0.3) is 0 Å². The van der Waals surface area contributed by atoms with E-state index in [0.717, 1.165) is 16.6 Å². The van der Waals surface area contributed by atoms with E-state index in [1.165, 1.54) is 5.56 Å². The Hall–Kier alpha value is -2.68. The minimum Gasteiger partial charge on any atom is -0.474 e. The SMILES string of the molecule is c1ccc(C2COC(c3ccc4ccccc4n3)=N2)cc1. The fraction of sp³-hybridized carbons (Fsp3) is 0.111. The summed E-state index contributed by atoms with van der Waals surface area (Å²) in [6.07, 6.45) is 0. The van der Waals surface area contributed by atoms with E-state index in [2.05, 4.69) is 34.2 Å². The summed E-state index contributed by atoms with van der Waals surface area (Å²) in [5.41, 5.74) is 2.94. The van der Waals surface area contributed by atoms with Crippen LogP contribution in [0, 0.1) is 0 Å². The topological polar surface area (TPSA) is 34.5 Å². The number of ether oxygens (including phenoxy) is 1. The molecule has 0 N–H and O–H groups in total. The molecule has 4 rings (SSSR count). The molecule has 2 heterocycles. The Morgan fingerprint density at radius 2 is 1.67 bits per heavy atom. The van der Waals surface area contributed by atoms with Gasteiger partial charge in [-0.3, -0.25) is 0 Å². The zero-order chi connectivity index (χ0) is 14.1. The Morgan fingerprint density at radius 1 is 0.857 bits per heavy atom. The number of hydrogen-bond donors (Lipinski definition) is 0. The summed E-state index contributed by atoms with van der Waals surface area (Å²) in [5, 5.41) is 1.12. The molecule has 1 atom stereocenters. The Morgan fingerprint density at radius 3 is 2.57 bits per heavy atom. The predicted molar refractivity (Wildman–Crippen MR) is 83.4 cm³/mol. The van der Waals surface area contributed by atoms with Crippen molar-refractivity contribution in [2.75, 3.05) is 6.61 Å². The zero-order valence-electron chi connectivity index (χ0n) is 11.4. The van der Waals surface area contributed by atoms with Crippen molar-refractivity contribution in [2.24, 2.45) is 4.99 Å². The van der Waals surface area contributed by atoms with E-state index in [-0.39, 0.29) is 6.04 Å². The molecular formula is C18H14N2O. The first kappa shape index (κ1) is 12.1. The highest BCUT2D eigenvalue weighted by molar-refractivity contribution is 5.95. The van der Waals surface area contributed by atoms with Gasteiger partial charge in [-0.15, -0.1) is 0 Å². The highest BCUT2D eigenvalue weighted by Crippen LogP contribution is 2.25. The van der Waals surface area contributed by atoms with E-state index in [9.17, 15) is 0 Å². The summed E-state index contributed by atoms with van der Waals surface area (Å²) in [6.45, 7) is 0.577. The van der Waals surface area contributed by atoms with Crippen LogP contribution >= 0.6 is 0 Å². The first-order valence-corrected chi connectivity index (χ1v) is 7.02. The zero-order valence-corrected chi connectivity index (χ0v) is 11.4. The maximum absolute atomic E-state index is 5.74. The molecule has 1 aliphatic rings. The molecule has 0 bridgehead atoms. The number of rotatable bonds is 2. The molecule has 21 heavy (non-hydrogen) atoms. The van der Waals surface area contributed by atoms with Gasteiger partial charge in [-0.2, -0.15) is 0 Å². The normalized spacial score (nSPS) is 17.5. The van der Waals surface area contributed by atoms with Crippen molar-refractivity contribution in [1.29, 1.82) is 0 Å². The van der Waals surface area contributed by atoms with Crippen LogP contribution in [-0.4, -0.2) is 17.5 Å². The van der Waals surface area contributed by atoms with Crippen LogP contribution in [0.2, 0.25) is 0 Å². The summed E-state index contributed by atoms with van der Waals surface area (Å²) >= 11 is 0. The van der Waals surface area contributed by atoms with Crippen LogP contribution in [-0.2, 0) is 4.74 Å². The van der Waals surface area contributed by atoms with Crippen molar-refractivity contribution >= 4 is 16.8 Å². The lowest BCUT2D eigenvalue weighted by Crippen LogP contribution is -2.03. The van der Waals surface area contributed by atoms with Crippen LogP contribution in [0.1, 0.15) is 17.3 Å². The molecule has 3 aromatic rings. The van der Waals surface area contributed by atoms with E-state index in [4.69, 9.17) is 4.74 Å². The van der Waals surface area contributed by atoms with E-state index in [1.54, 1.807) is 0 Å². The van der Waals surface area contributed by atoms with Gasteiger partial charge in [0.05, 0.1) is 5.52 Å². The van der Waals surface area contributed by atoms with Gasteiger partial charge < -0.3 is 4.74 Å². The van der Waals surface area contributed by atoms with Crippen LogP contribution in [0.3, 0.4) is 0 Å². The van der Waals surface area contributed by atoms with Gasteiger partial charge in [-0.05, 0) is 17.7 Å². The van der Waals surface area contributed by atoms with Gasteiger partial charge in [0.2, 0.25) is 5.90 Å². The molecule has 0 amide bonds. The minimum atomic E-state index is 0.0643. The molecule has 1 unspecified atom stereocenters. The second-order valence-electron chi connectivity index (χ2n) is 5.06. The van der Waals surface area contributed by atoms with Crippen LogP contribution < -0.4 is 0 Å². The molecule has 1 aliphatic heterocycles. The second-order valence-corrected chi connectivity index (χ2v) is 5.06. The minimum absolute atomic E-state index is 0.0643. The third kappa shape index (κ3) is 2.27. The van der Waals surface area contributed by atoms with Crippen LogP contribution in [0.25, 0.3) is 10.9 Å².